The summed E-state index contributed by atoms with van der Waals surface area (Å²) in [6.07, 6.45) is 1.68. The first-order valence-corrected chi connectivity index (χ1v) is 18.4. The van der Waals surface area contributed by atoms with Crippen molar-refractivity contribution in [2.75, 3.05) is 59.8 Å². The number of nitrogens with two attached hydrogens (primary N) is 1. The van der Waals surface area contributed by atoms with Crippen LogP contribution in [0.1, 0.15) is 68.8 Å². The summed E-state index contributed by atoms with van der Waals surface area (Å²) in [6.45, 7) is 10.5. The molecule has 292 valence electrons. The Morgan fingerprint density at radius 1 is 0.943 bits per heavy atom. The molecule has 14 heteroatoms. The van der Waals surface area contributed by atoms with E-state index in [-0.39, 0.29) is 24.9 Å². The van der Waals surface area contributed by atoms with Crippen LogP contribution >= 0.6 is 0 Å². The number of amides is 4. The lowest BCUT2D eigenvalue weighted by atomic mass is 9.83. The van der Waals surface area contributed by atoms with Crippen molar-refractivity contribution in [2.45, 2.75) is 84.1 Å². The lowest BCUT2D eigenvalue weighted by molar-refractivity contribution is -0.147. The third-order valence-corrected chi connectivity index (χ3v) is 9.74. The van der Waals surface area contributed by atoms with Crippen molar-refractivity contribution in [3.05, 3.63) is 64.7 Å². The number of nitrogens with zero attached hydrogens (tertiary/aromatic N) is 2. The second kappa shape index (κ2) is 19.7. The van der Waals surface area contributed by atoms with E-state index >= 15 is 0 Å². The Bertz CT molecular complexity index is 1550. The van der Waals surface area contributed by atoms with E-state index in [0.717, 1.165) is 40.9 Å². The van der Waals surface area contributed by atoms with Crippen LogP contribution in [-0.4, -0.2) is 117 Å². The van der Waals surface area contributed by atoms with Gasteiger partial charge in [-0.2, -0.15) is 0 Å². The van der Waals surface area contributed by atoms with Crippen LogP contribution in [0.5, 0.6) is 5.75 Å². The zero-order valence-electron chi connectivity index (χ0n) is 31.7. The lowest BCUT2D eigenvalue weighted by Crippen LogP contribution is -2.62. The van der Waals surface area contributed by atoms with Crippen molar-refractivity contribution in [1.82, 2.24) is 20.4 Å². The molecule has 5 N–H and O–H groups in total. The summed E-state index contributed by atoms with van der Waals surface area (Å²) in [6, 6.07) is 10.6. The Balaban J connectivity index is 1.50. The summed E-state index contributed by atoms with van der Waals surface area (Å²) >= 11 is 0. The van der Waals surface area contributed by atoms with Gasteiger partial charge >= 0.3 is 6.09 Å². The number of likely N-dealkylation sites (N-methyl/N-ethyl adjacent to an activating group) is 1. The van der Waals surface area contributed by atoms with Gasteiger partial charge in [-0.3, -0.25) is 19.3 Å². The molecule has 4 amide bonds. The van der Waals surface area contributed by atoms with Crippen molar-refractivity contribution in [1.29, 1.82) is 0 Å². The normalized spacial score (nSPS) is 17.9. The van der Waals surface area contributed by atoms with Gasteiger partial charge in [-0.1, -0.05) is 51.1 Å². The van der Waals surface area contributed by atoms with Crippen LogP contribution in [0.15, 0.2) is 42.5 Å². The molecule has 0 radical (unpaired) electrons. The Kier molecular flexibility index (Phi) is 15.5. The molecular weight excluding hydrogens is 682 g/mol. The Morgan fingerprint density at radius 3 is 2.26 bits per heavy atom. The third-order valence-electron chi connectivity index (χ3n) is 9.74. The number of rotatable bonds is 18. The van der Waals surface area contributed by atoms with E-state index in [1.54, 1.807) is 4.90 Å². The van der Waals surface area contributed by atoms with E-state index in [1.165, 1.54) is 19.5 Å². The van der Waals surface area contributed by atoms with Crippen LogP contribution in [-0.2, 0) is 48.0 Å². The molecule has 1 heterocycles. The van der Waals surface area contributed by atoms with Gasteiger partial charge in [-0.05, 0) is 66.0 Å². The molecule has 0 bridgehead atoms. The van der Waals surface area contributed by atoms with E-state index in [2.05, 4.69) is 16.7 Å². The second-order valence-electron chi connectivity index (χ2n) is 14.6. The lowest BCUT2D eigenvalue weighted by Gasteiger charge is -2.42. The molecule has 0 saturated carbocycles. The quantitative estimate of drug-likeness (QED) is 0.166. The highest BCUT2D eigenvalue weighted by Crippen LogP contribution is 2.33. The Labute approximate surface area is 312 Å². The minimum Gasteiger partial charge on any atom is -0.491 e. The Morgan fingerprint density at radius 2 is 1.60 bits per heavy atom. The minimum absolute atomic E-state index is 0.112. The first-order valence-electron chi connectivity index (χ1n) is 18.4. The molecule has 0 aromatic heterocycles. The van der Waals surface area contributed by atoms with E-state index in [9.17, 15) is 24.3 Å². The highest BCUT2D eigenvalue weighted by molar-refractivity contribution is 5.94. The SMILES string of the molecule is C[C@@H](C(=O)N[C@H](C(=O)N1Cc2cc(OCCOCCOCCOCCN)ccc2C[C@H]1C(=O)N[C@@H]1CCCc2ccccc21)C(C)(C)C)N(C)C(=O)O. The summed E-state index contributed by atoms with van der Waals surface area (Å²) in [5.74, 6) is -0.714. The molecule has 2 aliphatic rings. The molecule has 4 atom stereocenters. The first kappa shape index (κ1) is 41.5. The summed E-state index contributed by atoms with van der Waals surface area (Å²) in [4.78, 5) is 56.2. The fraction of sp³-hybridized carbons (Fsp3) is 0.590. The molecule has 53 heavy (non-hydrogen) atoms. The van der Waals surface area contributed by atoms with E-state index < -0.39 is 41.4 Å². The van der Waals surface area contributed by atoms with Gasteiger partial charge in [0.1, 0.15) is 30.5 Å². The van der Waals surface area contributed by atoms with Crippen molar-refractivity contribution in [3.63, 3.8) is 0 Å². The molecule has 0 spiro atoms. The molecule has 1 aliphatic heterocycles. The van der Waals surface area contributed by atoms with Gasteiger partial charge in [0.25, 0.3) is 0 Å². The number of aryl methyl sites for hydroxylation is 1. The van der Waals surface area contributed by atoms with Crippen molar-refractivity contribution >= 4 is 23.8 Å². The van der Waals surface area contributed by atoms with Gasteiger partial charge in [-0.15, -0.1) is 0 Å². The van der Waals surface area contributed by atoms with Gasteiger partial charge in [-0.25, -0.2) is 4.79 Å². The highest BCUT2D eigenvalue weighted by Gasteiger charge is 2.43. The number of benzene rings is 2. The predicted octanol–water partition coefficient (Wildman–Crippen LogP) is 3.05. The fourth-order valence-electron chi connectivity index (χ4n) is 6.55. The van der Waals surface area contributed by atoms with Gasteiger partial charge in [0.05, 0.1) is 45.7 Å². The molecule has 14 nitrogen and oxygen atoms in total. The fourth-order valence-corrected chi connectivity index (χ4v) is 6.55. The van der Waals surface area contributed by atoms with Gasteiger partial charge in [0.15, 0.2) is 0 Å². The number of ether oxygens (including phenoxy) is 4. The molecule has 0 unspecified atom stereocenters. The first-order chi connectivity index (χ1) is 25.3. The number of carboxylic acid groups (broad SMARTS) is 1. The third kappa shape index (κ3) is 11.6. The average Bonchev–Trinajstić information content (AvgIpc) is 3.14. The molecule has 2 aromatic carbocycles. The number of carbonyl (C=O) groups is 4. The standard InChI is InChI=1S/C39H57N5O9/c1-26(43(5)38(48)49)35(45)42-34(39(2,3)4)37(47)44-25-29-23-30(53-22-21-52-20-19-51-18-17-50-16-15-40)14-13-28(29)24-33(44)36(46)41-32-12-8-10-27-9-6-7-11-31(27)32/h6-7,9,11,13-14,23,26,32-34H,8,10,12,15-22,24-25,40H2,1-5H3,(H,41,46)(H,42,45)(H,48,49)/t26-,32+,33-,34+/m0/s1. The number of hydrogen-bond donors (Lipinski definition) is 4. The predicted molar refractivity (Wildman–Crippen MR) is 198 cm³/mol. The van der Waals surface area contributed by atoms with E-state index in [4.69, 9.17) is 24.7 Å². The van der Waals surface area contributed by atoms with Crippen LogP contribution in [0.2, 0.25) is 0 Å². The molecule has 0 saturated heterocycles. The summed E-state index contributed by atoms with van der Waals surface area (Å²) in [5.41, 5.74) is 8.66. The zero-order chi connectivity index (χ0) is 38.5. The number of hydrogen-bond acceptors (Lipinski definition) is 9. The van der Waals surface area contributed by atoms with Crippen molar-refractivity contribution in [3.8, 4) is 5.75 Å². The summed E-state index contributed by atoms with van der Waals surface area (Å²) in [5, 5.41) is 15.5. The molecule has 2 aromatic rings. The van der Waals surface area contributed by atoms with E-state index in [1.807, 2.05) is 57.2 Å². The largest absolute Gasteiger partial charge is 0.491 e. The van der Waals surface area contributed by atoms with Gasteiger partial charge < -0.3 is 45.3 Å². The molecular formula is C39H57N5O9. The number of fused-ring (bicyclic) bond motifs is 2. The molecule has 0 fully saturated rings. The second-order valence-corrected chi connectivity index (χ2v) is 14.6. The number of carbonyl (C=O) groups excluding carboxylic acids is 3. The average molecular weight is 740 g/mol. The summed E-state index contributed by atoms with van der Waals surface area (Å²) < 4.78 is 22.3. The summed E-state index contributed by atoms with van der Waals surface area (Å²) in [7, 11) is 1.30. The maximum Gasteiger partial charge on any atom is 0.407 e. The number of nitrogens with one attached hydrogen (secondary N) is 2. The van der Waals surface area contributed by atoms with Crippen molar-refractivity contribution in [2.24, 2.45) is 11.1 Å². The monoisotopic (exact) mass is 739 g/mol. The Hall–Kier alpha value is -4.24. The van der Waals surface area contributed by atoms with E-state index in [0.29, 0.717) is 58.5 Å². The smallest absolute Gasteiger partial charge is 0.407 e. The highest BCUT2D eigenvalue weighted by atomic mass is 16.6. The van der Waals surface area contributed by atoms with Gasteiger partial charge in [0.2, 0.25) is 17.7 Å². The molecule has 1 aliphatic carbocycles. The zero-order valence-corrected chi connectivity index (χ0v) is 31.7. The van der Waals surface area contributed by atoms with Crippen LogP contribution in [0, 0.1) is 5.41 Å². The van der Waals surface area contributed by atoms with Crippen LogP contribution in [0.25, 0.3) is 0 Å². The topological polar surface area (TPSA) is 182 Å². The van der Waals surface area contributed by atoms with Crippen LogP contribution in [0.4, 0.5) is 4.79 Å². The van der Waals surface area contributed by atoms with Crippen molar-refractivity contribution < 1.29 is 43.2 Å². The maximum absolute atomic E-state index is 14.6. The van der Waals surface area contributed by atoms with Crippen LogP contribution in [0.3, 0.4) is 0 Å². The minimum atomic E-state index is -1.27. The van der Waals surface area contributed by atoms with Crippen LogP contribution < -0.4 is 21.1 Å². The molecule has 4 rings (SSSR count). The maximum atomic E-state index is 14.6. The van der Waals surface area contributed by atoms with Gasteiger partial charge in [0, 0.05) is 26.6 Å².